The number of aromatic carboxylic acids is 1. The lowest BCUT2D eigenvalue weighted by Crippen LogP contribution is -2.16. The molecule has 3 rings (SSSR count). The summed E-state index contributed by atoms with van der Waals surface area (Å²) in [6.45, 7) is 3.94. The number of carbonyl (C=O) groups excluding carboxylic acids is 1. The lowest BCUT2D eigenvalue weighted by atomic mass is 10.0. The number of ketones is 1. The standard InChI is InChI=1S/C21H19NO3S/c1-13-8-9-16(14(2)10-13)18(23)12-22-17-11-19(26-20(17)21(24)25)15-6-4-3-5-7-15/h3-11,22H,12H2,1-2H3,(H,24,25). The van der Waals surface area contributed by atoms with Gasteiger partial charge in [0.2, 0.25) is 0 Å². The molecule has 0 spiro atoms. The molecule has 2 aromatic carbocycles. The largest absolute Gasteiger partial charge is 0.477 e. The number of Topliss-reactive ketones (excluding diaryl/α,β-unsaturated/α-hetero) is 1. The minimum Gasteiger partial charge on any atom is -0.477 e. The van der Waals surface area contributed by atoms with Crippen molar-refractivity contribution in [1.82, 2.24) is 0 Å². The van der Waals surface area contributed by atoms with Gasteiger partial charge in [-0.05, 0) is 31.0 Å². The van der Waals surface area contributed by atoms with Crippen molar-refractivity contribution in [2.75, 3.05) is 11.9 Å². The zero-order valence-electron chi connectivity index (χ0n) is 14.6. The Morgan fingerprint density at radius 2 is 1.77 bits per heavy atom. The van der Waals surface area contributed by atoms with Crippen LogP contribution >= 0.6 is 11.3 Å². The van der Waals surface area contributed by atoms with E-state index in [0.29, 0.717) is 11.3 Å². The minimum absolute atomic E-state index is 0.0507. The van der Waals surface area contributed by atoms with Gasteiger partial charge in [-0.3, -0.25) is 4.79 Å². The van der Waals surface area contributed by atoms with Crippen LogP contribution < -0.4 is 5.32 Å². The molecule has 0 radical (unpaired) electrons. The number of carbonyl (C=O) groups is 2. The highest BCUT2D eigenvalue weighted by atomic mass is 32.1. The smallest absolute Gasteiger partial charge is 0.348 e. The summed E-state index contributed by atoms with van der Waals surface area (Å²) in [5.41, 5.74) is 4.10. The van der Waals surface area contributed by atoms with E-state index in [9.17, 15) is 14.7 Å². The van der Waals surface area contributed by atoms with Crippen LogP contribution in [0.1, 0.15) is 31.2 Å². The van der Waals surface area contributed by atoms with Crippen LogP contribution in [0.15, 0.2) is 54.6 Å². The Kier molecular flexibility index (Phi) is 5.19. The molecule has 0 aliphatic carbocycles. The molecule has 0 aliphatic rings. The Morgan fingerprint density at radius 3 is 2.42 bits per heavy atom. The molecule has 1 heterocycles. The first-order valence-electron chi connectivity index (χ1n) is 8.22. The van der Waals surface area contributed by atoms with E-state index in [2.05, 4.69) is 5.32 Å². The van der Waals surface area contributed by atoms with Gasteiger partial charge in [0.1, 0.15) is 4.88 Å². The van der Waals surface area contributed by atoms with Crippen molar-refractivity contribution < 1.29 is 14.7 Å². The van der Waals surface area contributed by atoms with Crippen molar-refractivity contribution in [3.8, 4) is 10.4 Å². The first kappa shape index (κ1) is 17.9. The molecule has 26 heavy (non-hydrogen) atoms. The number of nitrogens with one attached hydrogen (secondary N) is 1. The molecule has 5 heteroatoms. The summed E-state index contributed by atoms with van der Waals surface area (Å²) in [7, 11) is 0. The van der Waals surface area contributed by atoms with Crippen LogP contribution in [-0.4, -0.2) is 23.4 Å². The average Bonchev–Trinajstić information content (AvgIpc) is 3.05. The maximum absolute atomic E-state index is 12.5. The van der Waals surface area contributed by atoms with E-state index in [1.807, 2.05) is 62.4 Å². The number of aryl methyl sites for hydroxylation is 2. The SMILES string of the molecule is Cc1ccc(C(=O)CNc2cc(-c3ccccc3)sc2C(=O)O)c(C)c1. The van der Waals surface area contributed by atoms with Crippen molar-refractivity contribution in [2.45, 2.75) is 13.8 Å². The van der Waals surface area contributed by atoms with E-state index in [1.165, 1.54) is 11.3 Å². The summed E-state index contributed by atoms with van der Waals surface area (Å²) in [5.74, 6) is -1.06. The van der Waals surface area contributed by atoms with E-state index in [4.69, 9.17) is 0 Å². The molecule has 132 valence electrons. The second kappa shape index (κ2) is 7.54. The fourth-order valence-electron chi connectivity index (χ4n) is 2.82. The molecular weight excluding hydrogens is 346 g/mol. The van der Waals surface area contributed by atoms with Gasteiger partial charge < -0.3 is 10.4 Å². The summed E-state index contributed by atoms with van der Waals surface area (Å²) in [6, 6.07) is 17.1. The predicted molar refractivity (Wildman–Crippen MR) is 105 cm³/mol. The highest BCUT2D eigenvalue weighted by Gasteiger charge is 2.17. The number of thiophene rings is 1. The zero-order chi connectivity index (χ0) is 18.7. The number of hydrogen-bond donors (Lipinski definition) is 2. The fraction of sp³-hybridized carbons (Fsp3) is 0.143. The molecule has 0 atom stereocenters. The third-order valence-electron chi connectivity index (χ3n) is 4.11. The second-order valence-corrected chi connectivity index (χ2v) is 7.17. The second-order valence-electron chi connectivity index (χ2n) is 6.12. The predicted octanol–water partition coefficient (Wildman–Crippen LogP) is 5.02. The number of benzene rings is 2. The van der Waals surface area contributed by atoms with E-state index >= 15 is 0 Å². The van der Waals surface area contributed by atoms with Crippen LogP contribution in [0.5, 0.6) is 0 Å². The molecule has 0 saturated carbocycles. The normalized spacial score (nSPS) is 10.5. The Balaban J connectivity index is 1.82. The van der Waals surface area contributed by atoms with Crippen molar-refractivity contribution >= 4 is 28.8 Å². The monoisotopic (exact) mass is 365 g/mol. The highest BCUT2D eigenvalue weighted by molar-refractivity contribution is 7.18. The van der Waals surface area contributed by atoms with E-state index in [0.717, 1.165) is 21.6 Å². The minimum atomic E-state index is -1.00. The number of carboxylic acid groups (broad SMARTS) is 1. The summed E-state index contributed by atoms with van der Waals surface area (Å²) in [6.07, 6.45) is 0. The van der Waals surface area contributed by atoms with Crippen LogP contribution in [0.25, 0.3) is 10.4 Å². The van der Waals surface area contributed by atoms with Gasteiger partial charge in [0.15, 0.2) is 5.78 Å². The van der Waals surface area contributed by atoms with Crippen LogP contribution in [0.4, 0.5) is 5.69 Å². The molecule has 0 unspecified atom stereocenters. The first-order chi connectivity index (χ1) is 12.5. The van der Waals surface area contributed by atoms with Crippen LogP contribution in [0.2, 0.25) is 0 Å². The fourth-order valence-corrected chi connectivity index (χ4v) is 3.80. The quantitative estimate of drug-likeness (QED) is 0.602. The molecule has 4 nitrogen and oxygen atoms in total. The Bertz CT molecular complexity index is 961. The molecular formula is C21H19NO3S. The third-order valence-corrected chi connectivity index (χ3v) is 5.28. The number of rotatable bonds is 6. The van der Waals surface area contributed by atoms with Gasteiger partial charge in [0.05, 0.1) is 12.2 Å². The summed E-state index contributed by atoms with van der Waals surface area (Å²) < 4.78 is 0. The molecule has 1 aromatic heterocycles. The summed E-state index contributed by atoms with van der Waals surface area (Å²) in [4.78, 5) is 25.1. The van der Waals surface area contributed by atoms with Gasteiger partial charge in [0, 0.05) is 10.4 Å². The average molecular weight is 365 g/mol. The Hall–Kier alpha value is -2.92. The van der Waals surface area contributed by atoms with Crippen molar-refractivity contribution in [3.63, 3.8) is 0 Å². The maximum Gasteiger partial charge on any atom is 0.348 e. The van der Waals surface area contributed by atoms with Crippen molar-refractivity contribution in [2.24, 2.45) is 0 Å². The van der Waals surface area contributed by atoms with Gasteiger partial charge >= 0.3 is 5.97 Å². The van der Waals surface area contributed by atoms with Gasteiger partial charge in [-0.15, -0.1) is 11.3 Å². The molecule has 0 amide bonds. The van der Waals surface area contributed by atoms with Crippen molar-refractivity contribution in [1.29, 1.82) is 0 Å². The summed E-state index contributed by atoms with van der Waals surface area (Å²) >= 11 is 1.20. The van der Waals surface area contributed by atoms with Gasteiger partial charge in [-0.25, -0.2) is 4.79 Å². The van der Waals surface area contributed by atoms with Crippen molar-refractivity contribution in [3.05, 3.63) is 76.2 Å². The van der Waals surface area contributed by atoms with Crippen LogP contribution in [0.3, 0.4) is 0 Å². The van der Waals surface area contributed by atoms with Gasteiger partial charge in [0.25, 0.3) is 0 Å². The number of hydrogen-bond acceptors (Lipinski definition) is 4. The third kappa shape index (κ3) is 3.83. The van der Waals surface area contributed by atoms with E-state index in [1.54, 1.807) is 6.07 Å². The first-order valence-corrected chi connectivity index (χ1v) is 9.04. The lowest BCUT2D eigenvalue weighted by Gasteiger charge is -2.08. The number of carboxylic acids is 1. The maximum atomic E-state index is 12.5. The Labute approximate surface area is 156 Å². The zero-order valence-corrected chi connectivity index (χ0v) is 15.4. The molecule has 0 aliphatic heterocycles. The summed E-state index contributed by atoms with van der Waals surface area (Å²) in [5, 5.41) is 12.5. The molecule has 0 fully saturated rings. The molecule has 0 saturated heterocycles. The molecule has 2 N–H and O–H groups in total. The molecule has 0 bridgehead atoms. The lowest BCUT2D eigenvalue weighted by molar-refractivity contribution is 0.0702. The van der Waals surface area contributed by atoms with Crippen LogP contribution in [-0.2, 0) is 0 Å². The van der Waals surface area contributed by atoms with E-state index in [-0.39, 0.29) is 17.2 Å². The number of anilines is 1. The topological polar surface area (TPSA) is 66.4 Å². The molecule has 3 aromatic rings. The van der Waals surface area contributed by atoms with Gasteiger partial charge in [-0.2, -0.15) is 0 Å². The van der Waals surface area contributed by atoms with E-state index < -0.39 is 5.97 Å². The highest BCUT2D eigenvalue weighted by Crippen LogP contribution is 2.34. The Morgan fingerprint density at radius 1 is 1.04 bits per heavy atom. The van der Waals surface area contributed by atoms with Crippen LogP contribution in [0, 0.1) is 13.8 Å². The van der Waals surface area contributed by atoms with Gasteiger partial charge in [-0.1, -0.05) is 54.1 Å².